The summed E-state index contributed by atoms with van der Waals surface area (Å²) >= 11 is 1.44. The van der Waals surface area contributed by atoms with E-state index in [1.807, 2.05) is 67.1 Å². The summed E-state index contributed by atoms with van der Waals surface area (Å²) in [5.41, 5.74) is 4.06. The monoisotopic (exact) mass is 352 g/mol. The number of Topliss-reactive ketones (excluding diaryl/α,β-unsaturated/α-hetero) is 1. The number of nitrogens with zero attached hydrogens (tertiary/aromatic N) is 2. The average molecular weight is 352 g/mol. The molecule has 0 aliphatic carbocycles. The van der Waals surface area contributed by atoms with Gasteiger partial charge in [0.15, 0.2) is 10.9 Å². The quantitative estimate of drug-likeness (QED) is 0.485. The van der Waals surface area contributed by atoms with Crippen molar-refractivity contribution in [1.82, 2.24) is 9.55 Å². The van der Waals surface area contributed by atoms with Crippen molar-refractivity contribution >= 4 is 17.5 Å². The van der Waals surface area contributed by atoms with Gasteiger partial charge in [-0.3, -0.25) is 9.36 Å². The molecule has 5 heteroatoms. The fourth-order valence-corrected chi connectivity index (χ4v) is 3.33. The van der Waals surface area contributed by atoms with E-state index in [0.29, 0.717) is 5.75 Å². The Morgan fingerprint density at radius 2 is 1.88 bits per heavy atom. The number of benzene rings is 2. The average Bonchev–Trinajstić information content (AvgIpc) is 3.10. The summed E-state index contributed by atoms with van der Waals surface area (Å²) in [6.07, 6.45) is 3.64. The van der Waals surface area contributed by atoms with Gasteiger partial charge in [0.05, 0.1) is 12.9 Å². The van der Waals surface area contributed by atoms with Gasteiger partial charge in [-0.05, 0) is 55.3 Å². The zero-order chi connectivity index (χ0) is 17.8. The third-order valence-corrected chi connectivity index (χ3v) is 5.09. The summed E-state index contributed by atoms with van der Waals surface area (Å²) in [5.74, 6) is 1.27. The Kier molecular flexibility index (Phi) is 5.24. The molecule has 0 radical (unpaired) electrons. The molecule has 0 spiro atoms. The highest BCUT2D eigenvalue weighted by Gasteiger charge is 2.11. The second-order valence-electron chi connectivity index (χ2n) is 5.79. The number of methoxy groups -OCH3 is 1. The van der Waals surface area contributed by atoms with Crippen molar-refractivity contribution in [1.29, 1.82) is 0 Å². The number of carbonyl (C=O) groups is 1. The molecule has 0 aliphatic heterocycles. The number of rotatable bonds is 6. The smallest absolute Gasteiger partial charge is 0.173 e. The second-order valence-corrected chi connectivity index (χ2v) is 6.73. The van der Waals surface area contributed by atoms with E-state index in [2.05, 4.69) is 4.98 Å². The molecule has 3 aromatic rings. The van der Waals surface area contributed by atoms with E-state index >= 15 is 0 Å². The minimum atomic E-state index is 0.109. The van der Waals surface area contributed by atoms with Crippen molar-refractivity contribution in [3.63, 3.8) is 0 Å². The molecular weight excluding hydrogens is 332 g/mol. The molecule has 0 bridgehead atoms. The van der Waals surface area contributed by atoms with E-state index < -0.39 is 0 Å². The third kappa shape index (κ3) is 3.94. The van der Waals surface area contributed by atoms with Gasteiger partial charge in [-0.25, -0.2) is 4.98 Å². The number of hydrogen-bond donors (Lipinski definition) is 0. The van der Waals surface area contributed by atoms with Crippen molar-refractivity contribution in [3.8, 4) is 11.4 Å². The van der Waals surface area contributed by atoms with Crippen LogP contribution in [0.3, 0.4) is 0 Å². The molecule has 128 valence electrons. The molecule has 3 rings (SSSR count). The molecule has 0 amide bonds. The molecule has 0 saturated heterocycles. The standard InChI is InChI=1S/C20H20N2O2S/c1-14-4-5-16(12-15(14)2)19(23)13-25-20-21-10-11-22(20)17-6-8-18(24-3)9-7-17/h4-12H,13H2,1-3H3. The van der Waals surface area contributed by atoms with Crippen molar-refractivity contribution < 1.29 is 9.53 Å². The molecule has 0 saturated carbocycles. The Morgan fingerprint density at radius 1 is 1.12 bits per heavy atom. The highest BCUT2D eigenvalue weighted by atomic mass is 32.2. The Balaban J connectivity index is 1.72. The van der Waals surface area contributed by atoms with Gasteiger partial charge < -0.3 is 4.74 Å². The fourth-order valence-electron chi connectivity index (χ4n) is 2.46. The highest BCUT2D eigenvalue weighted by molar-refractivity contribution is 7.99. The SMILES string of the molecule is COc1ccc(-n2ccnc2SCC(=O)c2ccc(C)c(C)c2)cc1. The molecule has 4 nitrogen and oxygen atoms in total. The molecular formula is C20H20N2O2S. The normalized spacial score (nSPS) is 10.7. The zero-order valence-corrected chi connectivity index (χ0v) is 15.3. The molecule has 2 aromatic carbocycles. The minimum Gasteiger partial charge on any atom is -0.497 e. The lowest BCUT2D eigenvalue weighted by Gasteiger charge is -2.08. The first-order chi connectivity index (χ1) is 12.1. The lowest BCUT2D eigenvalue weighted by atomic mass is 10.0. The number of ketones is 1. The van der Waals surface area contributed by atoms with Gasteiger partial charge in [0.1, 0.15) is 5.75 Å². The van der Waals surface area contributed by atoms with Crippen molar-refractivity contribution in [2.45, 2.75) is 19.0 Å². The topological polar surface area (TPSA) is 44.1 Å². The Bertz CT molecular complexity index is 885. The number of aromatic nitrogens is 2. The minimum absolute atomic E-state index is 0.109. The largest absolute Gasteiger partial charge is 0.497 e. The molecule has 1 aromatic heterocycles. The lowest BCUT2D eigenvalue weighted by molar-refractivity contribution is 0.102. The molecule has 0 atom stereocenters. The van der Waals surface area contributed by atoms with E-state index in [1.165, 1.54) is 17.3 Å². The van der Waals surface area contributed by atoms with Crippen molar-refractivity contribution in [2.24, 2.45) is 0 Å². The first kappa shape index (κ1) is 17.3. The van der Waals surface area contributed by atoms with Crippen molar-refractivity contribution in [2.75, 3.05) is 12.9 Å². The van der Waals surface area contributed by atoms with Crippen LogP contribution in [0.5, 0.6) is 5.75 Å². The van der Waals surface area contributed by atoms with E-state index in [-0.39, 0.29) is 5.78 Å². The number of aryl methyl sites for hydroxylation is 2. The fraction of sp³-hybridized carbons (Fsp3) is 0.200. The van der Waals surface area contributed by atoms with Gasteiger partial charge in [0.2, 0.25) is 0 Å². The van der Waals surface area contributed by atoms with Crippen LogP contribution in [0.4, 0.5) is 0 Å². The molecule has 0 aliphatic rings. The first-order valence-corrected chi connectivity index (χ1v) is 8.98. The van der Waals surface area contributed by atoms with Gasteiger partial charge in [-0.1, -0.05) is 23.9 Å². The second kappa shape index (κ2) is 7.57. The first-order valence-electron chi connectivity index (χ1n) is 7.99. The number of imidazole rings is 1. The highest BCUT2D eigenvalue weighted by Crippen LogP contribution is 2.23. The Hall–Kier alpha value is -2.53. The number of thioether (sulfide) groups is 1. The molecule has 1 heterocycles. The number of ether oxygens (including phenoxy) is 1. The Labute approximate surface area is 151 Å². The van der Waals surface area contributed by atoms with Crippen LogP contribution in [0.15, 0.2) is 60.0 Å². The molecule has 25 heavy (non-hydrogen) atoms. The summed E-state index contributed by atoms with van der Waals surface area (Å²) < 4.78 is 7.16. The number of hydrogen-bond acceptors (Lipinski definition) is 4. The van der Waals surface area contributed by atoms with Crippen LogP contribution in [0, 0.1) is 13.8 Å². The summed E-state index contributed by atoms with van der Waals surface area (Å²) in [6.45, 7) is 4.07. The van der Waals surface area contributed by atoms with E-state index in [9.17, 15) is 4.79 Å². The summed E-state index contributed by atoms with van der Waals surface area (Å²) in [6, 6.07) is 13.6. The predicted octanol–water partition coefficient (Wildman–Crippen LogP) is 4.47. The predicted molar refractivity (Wildman–Crippen MR) is 101 cm³/mol. The van der Waals surface area contributed by atoms with Crippen LogP contribution in [-0.2, 0) is 0 Å². The summed E-state index contributed by atoms with van der Waals surface area (Å²) in [7, 11) is 1.64. The summed E-state index contributed by atoms with van der Waals surface area (Å²) in [4.78, 5) is 16.8. The van der Waals surface area contributed by atoms with Crippen LogP contribution < -0.4 is 4.74 Å². The van der Waals surface area contributed by atoms with Gasteiger partial charge in [0.25, 0.3) is 0 Å². The third-order valence-electron chi connectivity index (χ3n) is 4.12. The van der Waals surface area contributed by atoms with Crippen molar-refractivity contribution in [3.05, 3.63) is 71.5 Å². The van der Waals surface area contributed by atoms with Gasteiger partial charge in [-0.15, -0.1) is 0 Å². The van der Waals surface area contributed by atoms with Crippen LogP contribution in [0.25, 0.3) is 5.69 Å². The number of carbonyl (C=O) groups excluding carboxylic acids is 1. The lowest BCUT2D eigenvalue weighted by Crippen LogP contribution is -2.05. The Morgan fingerprint density at radius 3 is 2.56 bits per heavy atom. The maximum absolute atomic E-state index is 12.5. The maximum Gasteiger partial charge on any atom is 0.173 e. The molecule has 0 N–H and O–H groups in total. The zero-order valence-electron chi connectivity index (χ0n) is 14.5. The van der Waals surface area contributed by atoms with Crippen LogP contribution in [0.2, 0.25) is 0 Å². The van der Waals surface area contributed by atoms with E-state index in [0.717, 1.165) is 27.7 Å². The van der Waals surface area contributed by atoms with Gasteiger partial charge >= 0.3 is 0 Å². The van der Waals surface area contributed by atoms with Crippen LogP contribution in [-0.4, -0.2) is 28.2 Å². The van der Waals surface area contributed by atoms with E-state index in [1.54, 1.807) is 13.3 Å². The molecule has 0 unspecified atom stereocenters. The maximum atomic E-state index is 12.5. The van der Waals surface area contributed by atoms with Gasteiger partial charge in [0, 0.05) is 23.6 Å². The van der Waals surface area contributed by atoms with E-state index in [4.69, 9.17) is 4.74 Å². The molecule has 0 fully saturated rings. The van der Waals surface area contributed by atoms with Gasteiger partial charge in [-0.2, -0.15) is 0 Å². The van der Waals surface area contributed by atoms with Crippen LogP contribution in [0.1, 0.15) is 21.5 Å². The summed E-state index contributed by atoms with van der Waals surface area (Å²) in [5, 5.41) is 0.794. The van der Waals surface area contributed by atoms with Crippen LogP contribution >= 0.6 is 11.8 Å².